The third-order valence-corrected chi connectivity index (χ3v) is 3.58. The van der Waals surface area contributed by atoms with E-state index in [2.05, 4.69) is 32.0 Å². The molecule has 2 heterocycles. The van der Waals surface area contributed by atoms with Crippen LogP contribution in [0.15, 0.2) is 47.8 Å². The van der Waals surface area contributed by atoms with Crippen molar-refractivity contribution in [2.45, 2.75) is 20.4 Å². The molecule has 1 amide bonds. The van der Waals surface area contributed by atoms with Gasteiger partial charge in [-0.1, -0.05) is 6.07 Å². The first-order valence-corrected chi connectivity index (χ1v) is 7.39. The van der Waals surface area contributed by atoms with E-state index in [1.165, 1.54) is 0 Å². The fourth-order valence-corrected chi connectivity index (χ4v) is 2.47. The molecular weight excluding hydrogens is 290 g/mol. The number of carbonyl (C=O) groups is 1. The molecule has 0 aliphatic heterocycles. The molecule has 0 fully saturated rings. The number of aromatic nitrogens is 3. The highest BCUT2D eigenvalue weighted by molar-refractivity contribution is 5.97. The molecule has 0 atom stereocenters. The van der Waals surface area contributed by atoms with Crippen molar-refractivity contribution in [2.75, 3.05) is 0 Å². The van der Waals surface area contributed by atoms with Gasteiger partial charge in [0.15, 0.2) is 0 Å². The predicted molar refractivity (Wildman–Crippen MR) is 89.4 cm³/mol. The Morgan fingerprint density at radius 1 is 1.39 bits per heavy atom. The molecule has 3 aromatic rings. The van der Waals surface area contributed by atoms with Crippen LogP contribution in [-0.4, -0.2) is 26.7 Å². The van der Waals surface area contributed by atoms with Crippen molar-refractivity contribution in [3.8, 4) is 0 Å². The number of hydrazone groups is 1. The Morgan fingerprint density at radius 3 is 3.00 bits per heavy atom. The SMILES string of the molecule is CCn1c(C)nc2cc(C(=O)N/N=C\c3cccnc3)ccc21. The van der Waals surface area contributed by atoms with Crippen molar-refractivity contribution in [1.29, 1.82) is 0 Å². The number of aryl methyl sites for hydroxylation is 2. The van der Waals surface area contributed by atoms with Crippen molar-refractivity contribution in [3.05, 3.63) is 59.7 Å². The molecule has 0 saturated carbocycles. The van der Waals surface area contributed by atoms with Crippen LogP contribution in [0.25, 0.3) is 11.0 Å². The van der Waals surface area contributed by atoms with Gasteiger partial charge in [0.1, 0.15) is 5.82 Å². The zero-order chi connectivity index (χ0) is 16.2. The fourth-order valence-electron chi connectivity index (χ4n) is 2.47. The number of pyridine rings is 1. The van der Waals surface area contributed by atoms with Gasteiger partial charge in [-0.15, -0.1) is 0 Å². The summed E-state index contributed by atoms with van der Waals surface area (Å²) in [6, 6.07) is 9.14. The molecule has 0 aliphatic rings. The zero-order valence-electron chi connectivity index (χ0n) is 13.0. The number of hydrogen-bond donors (Lipinski definition) is 1. The highest BCUT2D eigenvalue weighted by Gasteiger charge is 2.10. The summed E-state index contributed by atoms with van der Waals surface area (Å²) in [5, 5.41) is 3.95. The summed E-state index contributed by atoms with van der Waals surface area (Å²) in [5.74, 6) is 0.672. The summed E-state index contributed by atoms with van der Waals surface area (Å²) in [7, 11) is 0. The number of rotatable bonds is 4. The van der Waals surface area contributed by atoms with Crippen LogP contribution in [0.4, 0.5) is 0 Å². The molecule has 0 aliphatic carbocycles. The van der Waals surface area contributed by atoms with E-state index in [4.69, 9.17) is 0 Å². The number of benzene rings is 1. The molecule has 6 heteroatoms. The lowest BCUT2D eigenvalue weighted by Gasteiger charge is -2.03. The standard InChI is InChI=1S/C17H17N5O/c1-3-22-12(2)20-15-9-14(6-7-16(15)22)17(23)21-19-11-13-5-4-8-18-10-13/h4-11H,3H2,1-2H3,(H,21,23)/b19-11-. The Morgan fingerprint density at radius 2 is 2.26 bits per heavy atom. The molecule has 0 unspecified atom stereocenters. The van der Waals surface area contributed by atoms with E-state index in [-0.39, 0.29) is 5.91 Å². The number of amides is 1. The number of nitrogens with zero attached hydrogens (tertiary/aromatic N) is 4. The number of nitrogens with one attached hydrogen (secondary N) is 1. The Labute approximate surface area is 133 Å². The summed E-state index contributed by atoms with van der Waals surface area (Å²) in [5.41, 5.74) is 5.71. The molecular formula is C17H17N5O. The molecule has 2 aromatic heterocycles. The highest BCUT2D eigenvalue weighted by atomic mass is 16.2. The summed E-state index contributed by atoms with van der Waals surface area (Å²) in [6.45, 7) is 4.88. The van der Waals surface area contributed by atoms with Crippen LogP contribution in [0.5, 0.6) is 0 Å². The first kappa shape index (κ1) is 14.9. The maximum atomic E-state index is 12.2. The van der Waals surface area contributed by atoms with Crippen LogP contribution in [0.2, 0.25) is 0 Å². The van der Waals surface area contributed by atoms with Crippen molar-refractivity contribution in [3.63, 3.8) is 0 Å². The van der Waals surface area contributed by atoms with Crippen LogP contribution < -0.4 is 5.43 Å². The van der Waals surface area contributed by atoms with Gasteiger partial charge < -0.3 is 4.57 Å². The summed E-state index contributed by atoms with van der Waals surface area (Å²) >= 11 is 0. The Bertz CT molecular complexity index is 867. The molecule has 1 aromatic carbocycles. The van der Waals surface area contributed by atoms with Crippen molar-refractivity contribution >= 4 is 23.2 Å². The van der Waals surface area contributed by atoms with E-state index in [0.29, 0.717) is 5.56 Å². The van der Waals surface area contributed by atoms with Crippen LogP contribution in [0, 0.1) is 6.92 Å². The lowest BCUT2D eigenvalue weighted by Crippen LogP contribution is -2.17. The van der Waals surface area contributed by atoms with E-state index < -0.39 is 0 Å². The topological polar surface area (TPSA) is 72.2 Å². The molecule has 0 spiro atoms. The molecule has 116 valence electrons. The number of carbonyl (C=O) groups excluding carboxylic acids is 1. The van der Waals surface area contributed by atoms with Gasteiger partial charge in [-0.25, -0.2) is 10.4 Å². The Balaban J connectivity index is 1.77. The van der Waals surface area contributed by atoms with Crippen molar-refractivity contribution < 1.29 is 4.79 Å². The maximum Gasteiger partial charge on any atom is 0.271 e. The summed E-state index contributed by atoms with van der Waals surface area (Å²) in [4.78, 5) is 20.6. The van der Waals surface area contributed by atoms with E-state index in [1.54, 1.807) is 30.7 Å². The van der Waals surface area contributed by atoms with Gasteiger partial charge in [0, 0.05) is 30.1 Å². The van der Waals surface area contributed by atoms with Crippen LogP contribution in [0.1, 0.15) is 28.7 Å². The lowest BCUT2D eigenvalue weighted by atomic mass is 10.2. The second kappa shape index (κ2) is 6.39. The predicted octanol–water partition coefficient (Wildman–Crippen LogP) is 2.52. The third kappa shape index (κ3) is 3.11. The third-order valence-electron chi connectivity index (χ3n) is 3.58. The molecule has 23 heavy (non-hydrogen) atoms. The number of imidazole rings is 1. The lowest BCUT2D eigenvalue weighted by molar-refractivity contribution is 0.0955. The van der Waals surface area contributed by atoms with Crippen molar-refractivity contribution in [1.82, 2.24) is 20.0 Å². The smallest absolute Gasteiger partial charge is 0.271 e. The van der Waals surface area contributed by atoms with Gasteiger partial charge in [-0.2, -0.15) is 5.10 Å². The molecule has 0 radical (unpaired) electrons. The van der Waals surface area contributed by atoms with E-state index >= 15 is 0 Å². The van der Waals surface area contributed by atoms with Crippen LogP contribution >= 0.6 is 0 Å². The minimum atomic E-state index is -0.268. The quantitative estimate of drug-likeness (QED) is 0.594. The molecule has 0 bridgehead atoms. The van der Waals surface area contributed by atoms with Gasteiger partial charge in [0.2, 0.25) is 0 Å². The normalized spacial score (nSPS) is 11.2. The number of fused-ring (bicyclic) bond motifs is 1. The number of hydrogen-bond acceptors (Lipinski definition) is 4. The minimum Gasteiger partial charge on any atom is -0.329 e. The van der Waals surface area contributed by atoms with E-state index in [0.717, 1.165) is 29.0 Å². The molecule has 1 N–H and O–H groups in total. The maximum absolute atomic E-state index is 12.2. The van der Waals surface area contributed by atoms with Gasteiger partial charge >= 0.3 is 0 Å². The van der Waals surface area contributed by atoms with Crippen molar-refractivity contribution in [2.24, 2.45) is 5.10 Å². The molecule has 0 saturated heterocycles. The molecule has 6 nitrogen and oxygen atoms in total. The first-order valence-electron chi connectivity index (χ1n) is 7.39. The average Bonchev–Trinajstić information content (AvgIpc) is 2.89. The largest absolute Gasteiger partial charge is 0.329 e. The van der Waals surface area contributed by atoms with Gasteiger partial charge in [0.05, 0.1) is 17.2 Å². The summed E-state index contributed by atoms with van der Waals surface area (Å²) < 4.78 is 2.11. The Hall–Kier alpha value is -3.02. The van der Waals surface area contributed by atoms with Crippen LogP contribution in [0.3, 0.4) is 0 Å². The van der Waals surface area contributed by atoms with E-state index in [1.807, 2.05) is 25.1 Å². The average molecular weight is 307 g/mol. The van der Waals surface area contributed by atoms with Crippen LogP contribution in [-0.2, 0) is 6.54 Å². The van der Waals surface area contributed by atoms with E-state index in [9.17, 15) is 4.79 Å². The first-order chi connectivity index (χ1) is 11.2. The highest BCUT2D eigenvalue weighted by Crippen LogP contribution is 2.17. The monoisotopic (exact) mass is 307 g/mol. The zero-order valence-corrected chi connectivity index (χ0v) is 13.0. The second-order valence-electron chi connectivity index (χ2n) is 5.09. The fraction of sp³-hybridized carbons (Fsp3) is 0.176. The summed E-state index contributed by atoms with van der Waals surface area (Å²) in [6.07, 6.45) is 4.91. The Kier molecular flexibility index (Phi) is 4.14. The van der Waals surface area contributed by atoms with Gasteiger partial charge in [-0.3, -0.25) is 9.78 Å². The second-order valence-corrected chi connectivity index (χ2v) is 5.09. The molecule has 3 rings (SSSR count). The van der Waals surface area contributed by atoms with Gasteiger partial charge in [0.25, 0.3) is 5.91 Å². The van der Waals surface area contributed by atoms with Gasteiger partial charge in [-0.05, 0) is 38.1 Å². The minimum absolute atomic E-state index is 0.268.